The first-order valence-electron chi connectivity index (χ1n) is 7.66. The molecule has 0 unspecified atom stereocenters. The van der Waals surface area contributed by atoms with E-state index in [2.05, 4.69) is 20.9 Å². The molecular formula is C16H24ClIN4. The van der Waals surface area contributed by atoms with Crippen LogP contribution in [0.25, 0.3) is 0 Å². The number of nitrogens with zero attached hydrogens (tertiary/aromatic N) is 3. The maximum Gasteiger partial charge on any atom is 0.191 e. The van der Waals surface area contributed by atoms with Crippen LogP contribution in [-0.2, 0) is 13.0 Å². The summed E-state index contributed by atoms with van der Waals surface area (Å²) in [4.78, 5) is 9.03. The van der Waals surface area contributed by atoms with E-state index in [-0.39, 0.29) is 24.0 Å². The summed E-state index contributed by atoms with van der Waals surface area (Å²) in [6, 6.07) is 6.81. The Labute approximate surface area is 154 Å². The minimum atomic E-state index is 0. The van der Waals surface area contributed by atoms with Gasteiger partial charge in [-0.05, 0) is 36.5 Å². The molecule has 2 aliphatic rings. The van der Waals surface area contributed by atoms with Crippen molar-refractivity contribution in [2.75, 3.05) is 26.7 Å². The molecule has 0 radical (unpaired) electrons. The van der Waals surface area contributed by atoms with E-state index in [1.165, 1.54) is 24.0 Å². The maximum atomic E-state index is 6.24. The Hall–Kier alpha value is -0.530. The lowest BCUT2D eigenvalue weighted by molar-refractivity contribution is 0.261. The van der Waals surface area contributed by atoms with Crippen molar-refractivity contribution in [1.82, 2.24) is 9.80 Å². The van der Waals surface area contributed by atoms with Gasteiger partial charge in [0.15, 0.2) is 5.96 Å². The first kappa shape index (κ1) is 17.8. The van der Waals surface area contributed by atoms with Gasteiger partial charge in [-0.1, -0.05) is 23.7 Å². The highest BCUT2D eigenvalue weighted by atomic mass is 127. The van der Waals surface area contributed by atoms with Crippen molar-refractivity contribution in [2.45, 2.75) is 31.8 Å². The van der Waals surface area contributed by atoms with Crippen LogP contribution in [0.4, 0.5) is 0 Å². The SMILES string of the molecule is CN(C(N)=NCCN1CCc2c(Cl)cccc2C1)C1CC1.I. The molecule has 0 aromatic heterocycles. The molecule has 22 heavy (non-hydrogen) atoms. The van der Waals surface area contributed by atoms with Crippen molar-refractivity contribution < 1.29 is 0 Å². The van der Waals surface area contributed by atoms with Crippen molar-refractivity contribution in [3.05, 3.63) is 34.3 Å². The van der Waals surface area contributed by atoms with E-state index in [1.807, 2.05) is 19.2 Å². The normalized spacial score (nSPS) is 18.5. The number of hydrogen-bond acceptors (Lipinski definition) is 2. The standard InChI is InChI=1S/C16H23ClN4.HI/c1-20(13-5-6-13)16(18)19-8-10-21-9-7-14-12(11-21)3-2-4-15(14)17;/h2-4,13H,5-11H2,1H3,(H2,18,19);1H. The molecular weight excluding hydrogens is 411 g/mol. The van der Waals surface area contributed by atoms with Crippen LogP contribution >= 0.6 is 35.6 Å². The van der Waals surface area contributed by atoms with Crippen molar-refractivity contribution in [3.63, 3.8) is 0 Å². The van der Waals surface area contributed by atoms with Crippen LogP contribution in [0.3, 0.4) is 0 Å². The molecule has 3 rings (SSSR count). The van der Waals surface area contributed by atoms with Crippen LogP contribution in [0.1, 0.15) is 24.0 Å². The van der Waals surface area contributed by atoms with Gasteiger partial charge in [0.1, 0.15) is 0 Å². The third-order valence-electron chi connectivity index (χ3n) is 4.43. The Kier molecular flexibility index (Phi) is 6.35. The van der Waals surface area contributed by atoms with E-state index in [0.717, 1.165) is 37.6 Å². The van der Waals surface area contributed by atoms with Crippen molar-refractivity contribution in [1.29, 1.82) is 0 Å². The van der Waals surface area contributed by atoms with Crippen molar-refractivity contribution >= 4 is 41.5 Å². The molecule has 1 aromatic rings. The summed E-state index contributed by atoms with van der Waals surface area (Å²) in [5, 5.41) is 0.903. The Morgan fingerprint density at radius 1 is 1.45 bits per heavy atom. The van der Waals surface area contributed by atoms with E-state index < -0.39 is 0 Å². The number of halogens is 2. The first-order valence-corrected chi connectivity index (χ1v) is 8.04. The zero-order valence-corrected chi connectivity index (χ0v) is 16.1. The van der Waals surface area contributed by atoms with Gasteiger partial charge in [0.25, 0.3) is 0 Å². The number of rotatable bonds is 4. The van der Waals surface area contributed by atoms with E-state index in [1.54, 1.807) is 0 Å². The number of nitrogens with two attached hydrogens (primary N) is 1. The van der Waals surface area contributed by atoms with Gasteiger partial charge in [0, 0.05) is 37.7 Å². The fraction of sp³-hybridized carbons (Fsp3) is 0.562. The fourth-order valence-electron chi connectivity index (χ4n) is 2.88. The molecule has 0 bridgehead atoms. The summed E-state index contributed by atoms with van der Waals surface area (Å²) in [6.45, 7) is 3.72. The number of aliphatic imine (C=N–C) groups is 1. The lowest BCUT2D eigenvalue weighted by Gasteiger charge is -2.28. The van der Waals surface area contributed by atoms with Crippen LogP contribution < -0.4 is 5.73 Å². The number of guanidine groups is 1. The van der Waals surface area contributed by atoms with E-state index in [4.69, 9.17) is 17.3 Å². The fourth-order valence-corrected chi connectivity index (χ4v) is 3.17. The van der Waals surface area contributed by atoms with E-state index in [9.17, 15) is 0 Å². The third-order valence-corrected chi connectivity index (χ3v) is 4.79. The second-order valence-electron chi connectivity index (χ2n) is 5.99. The topological polar surface area (TPSA) is 44.9 Å². The molecule has 0 saturated heterocycles. The minimum Gasteiger partial charge on any atom is -0.370 e. The van der Waals surface area contributed by atoms with Gasteiger partial charge in [-0.25, -0.2) is 0 Å². The molecule has 6 heteroatoms. The smallest absolute Gasteiger partial charge is 0.191 e. The summed E-state index contributed by atoms with van der Waals surface area (Å²) in [5.41, 5.74) is 8.67. The van der Waals surface area contributed by atoms with Crippen molar-refractivity contribution in [2.24, 2.45) is 10.7 Å². The van der Waals surface area contributed by atoms with Crippen LogP contribution in [-0.4, -0.2) is 48.5 Å². The van der Waals surface area contributed by atoms with E-state index >= 15 is 0 Å². The quantitative estimate of drug-likeness (QED) is 0.450. The largest absolute Gasteiger partial charge is 0.370 e. The monoisotopic (exact) mass is 434 g/mol. The molecule has 1 heterocycles. The highest BCUT2D eigenvalue weighted by Gasteiger charge is 2.27. The predicted molar refractivity (Wildman–Crippen MR) is 103 cm³/mol. The first-order chi connectivity index (χ1) is 10.1. The lowest BCUT2D eigenvalue weighted by atomic mass is 10.00. The highest BCUT2D eigenvalue weighted by Crippen LogP contribution is 2.26. The minimum absolute atomic E-state index is 0. The molecule has 4 nitrogen and oxygen atoms in total. The van der Waals surface area contributed by atoms with Gasteiger partial charge in [-0.2, -0.15) is 0 Å². The van der Waals surface area contributed by atoms with Crippen LogP contribution in [0, 0.1) is 0 Å². The van der Waals surface area contributed by atoms with Gasteiger partial charge in [0.05, 0.1) is 6.54 Å². The maximum absolute atomic E-state index is 6.24. The van der Waals surface area contributed by atoms with Crippen LogP contribution in [0.15, 0.2) is 23.2 Å². The predicted octanol–water partition coefficient (Wildman–Crippen LogP) is 2.73. The summed E-state index contributed by atoms with van der Waals surface area (Å²) in [7, 11) is 2.04. The van der Waals surface area contributed by atoms with Gasteiger partial charge in [-0.15, -0.1) is 24.0 Å². The molecule has 0 atom stereocenters. The van der Waals surface area contributed by atoms with Gasteiger partial charge in [-0.3, -0.25) is 9.89 Å². The summed E-state index contributed by atoms with van der Waals surface area (Å²) in [6.07, 6.45) is 3.52. The average Bonchev–Trinajstić information content (AvgIpc) is 3.31. The van der Waals surface area contributed by atoms with Gasteiger partial charge >= 0.3 is 0 Å². The highest BCUT2D eigenvalue weighted by molar-refractivity contribution is 14.0. The third kappa shape index (κ3) is 4.26. The Bertz CT molecular complexity index is 545. The Balaban J connectivity index is 0.00000176. The lowest BCUT2D eigenvalue weighted by Crippen LogP contribution is -2.37. The van der Waals surface area contributed by atoms with Gasteiger partial charge < -0.3 is 10.6 Å². The number of fused-ring (bicyclic) bond motifs is 1. The molecule has 1 fully saturated rings. The van der Waals surface area contributed by atoms with E-state index in [0.29, 0.717) is 12.0 Å². The summed E-state index contributed by atoms with van der Waals surface area (Å²) < 4.78 is 0. The second kappa shape index (κ2) is 7.84. The molecule has 1 aliphatic carbocycles. The summed E-state index contributed by atoms with van der Waals surface area (Å²) in [5.74, 6) is 0.679. The molecule has 1 saturated carbocycles. The number of benzene rings is 1. The molecule has 0 amide bonds. The Morgan fingerprint density at radius 2 is 2.23 bits per heavy atom. The van der Waals surface area contributed by atoms with Crippen LogP contribution in [0.2, 0.25) is 5.02 Å². The molecule has 2 N–H and O–H groups in total. The molecule has 1 aliphatic heterocycles. The molecule has 1 aromatic carbocycles. The average molecular weight is 435 g/mol. The van der Waals surface area contributed by atoms with Gasteiger partial charge in [0.2, 0.25) is 0 Å². The number of hydrogen-bond donors (Lipinski definition) is 1. The molecule has 0 spiro atoms. The summed E-state index contributed by atoms with van der Waals surface area (Å²) >= 11 is 6.24. The zero-order valence-electron chi connectivity index (χ0n) is 13.0. The zero-order chi connectivity index (χ0) is 14.8. The van der Waals surface area contributed by atoms with Crippen LogP contribution in [0.5, 0.6) is 0 Å². The Morgan fingerprint density at radius 3 is 2.95 bits per heavy atom. The molecule has 122 valence electrons. The van der Waals surface area contributed by atoms with Crippen molar-refractivity contribution in [3.8, 4) is 0 Å². The second-order valence-corrected chi connectivity index (χ2v) is 6.39.